The molecule has 2 rings (SSSR count). The number of nitrogens with one attached hydrogen (secondary N) is 1. The van der Waals surface area contributed by atoms with Crippen LogP contribution in [0.25, 0.3) is 0 Å². The Labute approximate surface area is 114 Å². The molecule has 0 unspecified atom stereocenters. The molecule has 0 radical (unpaired) electrons. The van der Waals surface area contributed by atoms with E-state index in [9.17, 15) is 14.7 Å². The van der Waals surface area contributed by atoms with E-state index >= 15 is 0 Å². The molecule has 1 heterocycles. The third-order valence-corrected chi connectivity index (χ3v) is 2.47. The van der Waals surface area contributed by atoms with Crippen LogP contribution in [0.2, 0.25) is 0 Å². The quantitative estimate of drug-likeness (QED) is 0.633. The lowest BCUT2D eigenvalue weighted by atomic mass is 10.1. The second-order valence-electron chi connectivity index (χ2n) is 3.82. The monoisotopic (exact) mass is 268 g/mol. The average molecular weight is 268 g/mol. The first-order valence-corrected chi connectivity index (χ1v) is 5.72. The van der Waals surface area contributed by atoms with E-state index in [4.69, 9.17) is 0 Å². The van der Waals surface area contributed by atoms with Crippen molar-refractivity contribution in [2.75, 3.05) is 0 Å². The van der Waals surface area contributed by atoms with Crippen molar-refractivity contribution in [3.05, 3.63) is 65.5 Å². The van der Waals surface area contributed by atoms with Crippen molar-refractivity contribution in [1.82, 2.24) is 10.4 Å². The predicted molar refractivity (Wildman–Crippen MR) is 70.1 cm³/mol. The normalized spacial score (nSPS) is 10.4. The lowest BCUT2D eigenvalue weighted by Crippen LogP contribution is -2.24. The maximum absolute atomic E-state index is 11.7. The number of amides is 1. The van der Waals surface area contributed by atoms with Gasteiger partial charge in [-0.25, -0.2) is 5.43 Å². The highest BCUT2D eigenvalue weighted by Crippen LogP contribution is 2.04. The van der Waals surface area contributed by atoms with Crippen LogP contribution in [0, 0.1) is 0 Å². The molecule has 0 bridgehead atoms. The van der Waals surface area contributed by atoms with Gasteiger partial charge in [0.25, 0.3) is 5.91 Å². The summed E-state index contributed by atoms with van der Waals surface area (Å²) >= 11 is 0. The van der Waals surface area contributed by atoms with E-state index in [1.165, 1.54) is 18.5 Å². The summed E-state index contributed by atoms with van der Waals surface area (Å²) in [5.74, 6) is -1.73. The van der Waals surface area contributed by atoms with Gasteiger partial charge in [0.05, 0.1) is 17.7 Å². The van der Waals surface area contributed by atoms with Crippen LogP contribution < -0.4 is 10.5 Å². The van der Waals surface area contributed by atoms with Crippen molar-refractivity contribution in [2.45, 2.75) is 0 Å². The number of pyridine rings is 1. The molecule has 1 aromatic heterocycles. The summed E-state index contributed by atoms with van der Waals surface area (Å²) in [6, 6.07) is 9.43. The molecule has 0 aliphatic heterocycles. The summed E-state index contributed by atoms with van der Waals surface area (Å²) in [4.78, 5) is 26.3. The molecule has 1 aromatic carbocycles. The molecule has 0 aliphatic carbocycles. The number of rotatable bonds is 4. The molecule has 0 aliphatic rings. The number of carboxylic acid groups (broad SMARTS) is 1. The highest BCUT2D eigenvalue weighted by Gasteiger charge is 2.03. The van der Waals surface area contributed by atoms with Gasteiger partial charge in [0, 0.05) is 23.5 Å². The maximum atomic E-state index is 11.7. The van der Waals surface area contributed by atoms with Crippen LogP contribution >= 0.6 is 0 Å². The lowest BCUT2D eigenvalue weighted by molar-refractivity contribution is -0.255. The fourth-order valence-electron chi connectivity index (χ4n) is 1.52. The van der Waals surface area contributed by atoms with Gasteiger partial charge >= 0.3 is 0 Å². The number of hydrogen-bond donors (Lipinski definition) is 1. The minimum Gasteiger partial charge on any atom is -0.545 e. The van der Waals surface area contributed by atoms with Crippen LogP contribution in [0.1, 0.15) is 26.3 Å². The average Bonchev–Trinajstić information content (AvgIpc) is 2.48. The molecule has 6 nitrogen and oxygen atoms in total. The van der Waals surface area contributed by atoms with Gasteiger partial charge in [0.1, 0.15) is 0 Å². The first-order valence-electron chi connectivity index (χ1n) is 5.72. The standard InChI is InChI=1S/C14H11N3O3/c18-13(11-5-3-7-15-8-11)17-16-9-10-4-1-2-6-12(10)14(19)20/h1-9H,(H,17,18)(H,19,20)/p-1/b16-9-. The van der Waals surface area contributed by atoms with E-state index in [0.717, 1.165) is 0 Å². The number of nitrogens with zero attached hydrogens (tertiary/aromatic N) is 2. The third kappa shape index (κ3) is 3.26. The van der Waals surface area contributed by atoms with Crippen LogP contribution in [0.4, 0.5) is 0 Å². The van der Waals surface area contributed by atoms with E-state index in [0.29, 0.717) is 11.1 Å². The Bertz CT molecular complexity index is 654. The third-order valence-electron chi connectivity index (χ3n) is 2.47. The fourth-order valence-corrected chi connectivity index (χ4v) is 1.52. The Morgan fingerprint density at radius 1 is 1.20 bits per heavy atom. The minimum atomic E-state index is -1.30. The van der Waals surface area contributed by atoms with E-state index in [1.807, 2.05) is 0 Å². The number of hydrazone groups is 1. The van der Waals surface area contributed by atoms with Gasteiger partial charge in [-0.2, -0.15) is 5.10 Å². The number of carbonyl (C=O) groups excluding carboxylic acids is 2. The summed E-state index contributed by atoms with van der Waals surface area (Å²) in [5, 5.41) is 14.6. The van der Waals surface area contributed by atoms with Crippen LogP contribution in [-0.4, -0.2) is 23.1 Å². The lowest BCUT2D eigenvalue weighted by Gasteiger charge is -2.05. The van der Waals surface area contributed by atoms with Gasteiger partial charge in [-0.15, -0.1) is 0 Å². The van der Waals surface area contributed by atoms with Crippen molar-refractivity contribution in [3.63, 3.8) is 0 Å². The van der Waals surface area contributed by atoms with E-state index in [1.54, 1.807) is 36.5 Å². The molecule has 2 aromatic rings. The fraction of sp³-hybridized carbons (Fsp3) is 0. The summed E-state index contributed by atoms with van der Waals surface area (Å²) in [7, 11) is 0. The SMILES string of the molecule is O=C(N/N=C\c1ccccc1C(=O)[O-])c1cccnc1. The smallest absolute Gasteiger partial charge is 0.272 e. The molecular formula is C14H10N3O3-. The van der Waals surface area contributed by atoms with Crippen LogP contribution in [0.15, 0.2) is 53.9 Å². The zero-order chi connectivity index (χ0) is 14.4. The van der Waals surface area contributed by atoms with Gasteiger partial charge in [-0.3, -0.25) is 9.78 Å². The van der Waals surface area contributed by atoms with Crippen LogP contribution in [0.5, 0.6) is 0 Å². The van der Waals surface area contributed by atoms with E-state index in [-0.39, 0.29) is 5.56 Å². The molecule has 100 valence electrons. The molecule has 0 fully saturated rings. The molecule has 1 N–H and O–H groups in total. The van der Waals surface area contributed by atoms with Crippen LogP contribution in [-0.2, 0) is 0 Å². The number of carboxylic acids is 1. The van der Waals surface area contributed by atoms with Crippen molar-refractivity contribution < 1.29 is 14.7 Å². The molecule has 1 amide bonds. The topological polar surface area (TPSA) is 94.5 Å². The van der Waals surface area contributed by atoms with Crippen molar-refractivity contribution in [1.29, 1.82) is 0 Å². The maximum Gasteiger partial charge on any atom is 0.272 e. The van der Waals surface area contributed by atoms with Crippen molar-refractivity contribution in [3.8, 4) is 0 Å². The largest absolute Gasteiger partial charge is 0.545 e. The zero-order valence-corrected chi connectivity index (χ0v) is 10.3. The van der Waals surface area contributed by atoms with Crippen LogP contribution in [0.3, 0.4) is 0 Å². The first kappa shape index (κ1) is 13.4. The van der Waals surface area contributed by atoms with Gasteiger partial charge in [-0.05, 0) is 12.1 Å². The molecule has 6 heteroatoms. The summed E-state index contributed by atoms with van der Waals surface area (Å²) < 4.78 is 0. The van der Waals surface area contributed by atoms with Gasteiger partial charge in [0.15, 0.2) is 0 Å². The zero-order valence-electron chi connectivity index (χ0n) is 10.3. The van der Waals surface area contributed by atoms with E-state index < -0.39 is 11.9 Å². The number of benzene rings is 1. The molecular weight excluding hydrogens is 258 g/mol. The Morgan fingerprint density at radius 2 is 2.00 bits per heavy atom. The van der Waals surface area contributed by atoms with Crippen molar-refractivity contribution in [2.24, 2.45) is 5.10 Å². The van der Waals surface area contributed by atoms with Crippen molar-refractivity contribution >= 4 is 18.1 Å². The Hall–Kier alpha value is -3.02. The molecule has 20 heavy (non-hydrogen) atoms. The first-order chi connectivity index (χ1) is 9.68. The second kappa shape index (κ2) is 6.24. The predicted octanol–water partition coefficient (Wildman–Crippen LogP) is 0.209. The highest BCUT2D eigenvalue weighted by atomic mass is 16.4. The molecule has 0 saturated heterocycles. The van der Waals surface area contributed by atoms with Gasteiger partial charge in [0.2, 0.25) is 0 Å². The summed E-state index contributed by atoms with van der Waals surface area (Å²) in [6.07, 6.45) is 4.20. The second-order valence-corrected chi connectivity index (χ2v) is 3.82. The van der Waals surface area contributed by atoms with Gasteiger partial charge < -0.3 is 9.90 Å². The van der Waals surface area contributed by atoms with E-state index in [2.05, 4.69) is 15.5 Å². The highest BCUT2D eigenvalue weighted by molar-refractivity contribution is 5.98. The minimum absolute atomic E-state index is 0.00637. The number of aromatic carboxylic acids is 1. The Kier molecular flexibility index (Phi) is 4.18. The Balaban J connectivity index is 2.08. The summed E-state index contributed by atoms with van der Waals surface area (Å²) in [5.41, 5.74) is 3.00. The number of hydrogen-bond acceptors (Lipinski definition) is 5. The Morgan fingerprint density at radius 3 is 2.70 bits per heavy atom. The molecule has 0 spiro atoms. The number of carbonyl (C=O) groups is 2. The summed E-state index contributed by atoms with van der Waals surface area (Å²) in [6.45, 7) is 0. The molecule has 0 atom stereocenters. The number of aromatic nitrogens is 1. The van der Waals surface area contributed by atoms with Gasteiger partial charge in [-0.1, -0.05) is 24.3 Å². The molecule has 0 saturated carbocycles.